The molecule has 0 fully saturated rings. The highest BCUT2D eigenvalue weighted by Gasteiger charge is 2.38. The maximum Gasteiger partial charge on any atom is 0.420 e. The van der Waals surface area contributed by atoms with Gasteiger partial charge in [0.15, 0.2) is 0 Å². The molecule has 0 spiro atoms. The molecule has 0 unspecified atom stereocenters. The van der Waals surface area contributed by atoms with Crippen molar-refractivity contribution >= 4 is 16.7 Å². The van der Waals surface area contributed by atoms with Gasteiger partial charge < -0.3 is 14.6 Å². The molecule has 216 valence electrons. The molecular formula is C30H22F6N4O2. The van der Waals surface area contributed by atoms with Crippen LogP contribution in [0.3, 0.4) is 0 Å². The fraction of sp³-hybridized carbons (Fsp3) is 0.167. The lowest BCUT2D eigenvalue weighted by Crippen LogP contribution is -2.18. The van der Waals surface area contributed by atoms with Gasteiger partial charge in [0.05, 0.1) is 23.3 Å². The van der Waals surface area contributed by atoms with Crippen molar-refractivity contribution in [1.29, 1.82) is 0 Å². The summed E-state index contributed by atoms with van der Waals surface area (Å²) < 4.78 is 92.4. The summed E-state index contributed by atoms with van der Waals surface area (Å²) >= 11 is 0. The van der Waals surface area contributed by atoms with Gasteiger partial charge in [-0.2, -0.15) is 18.2 Å². The number of pyridine rings is 1. The van der Waals surface area contributed by atoms with Gasteiger partial charge in [0.2, 0.25) is 0 Å². The Morgan fingerprint density at radius 3 is 2.36 bits per heavy atom. The number of hydrogen-bond acceptors (Lipinski definition) is 5. The van der Waals surface area contributed by atoms with E-state index in [0.29, 0.717) is 24.5 Å². The van der Waals surface area contributed by atoms with Gasteiger partial charge in [-0.3, -0.25) is 4.79 Å². The highest BCUT2D eigenvalue weighted by Crippen LogP contribution is 2.44. The third-order valence-electron chi connectivity index (χ3n) is 6.62. The Hall–Kier alpha value is -4.87. The van der Waals surface area contributed by atoms with Crippen LogP contribution in [-0.2, 0) is 6.18 Å². The molecule has 1 atom stereocenters. The molecule has 0 radical (unpaired) electrons. The normalized spacial score (nSPS) is 12.4. The number of aromatic nitrogens is 3. The van der Waals surface area contributed by atoms with Crippen LogP contribution in [0.5, 0.6) is 11.5 Å². The maximum absolute atomic E-state index is 14.5. The summed E-state index contributed by atoms with van der Waals surface area (Å²) in [5, 5.41) is 2.91. The van der Waals surface area contributed by atoms with Crippen molar-refractivity contribution in [3.05, 3.63) is 112 Å². The summed E-state index contributed by atoms with van der Waals surface area (Å²) in [6, 6.07) is 10.8. The second-order valence-electron chi connectivity index (χ2n) is 9.34. The van der Waals surface area contributed by atoms with Crippen molar-refractivity contribution in [2.24, 2.45) is 0 Å². The van der Waals surface area contributed by atoms with Crippen LogP contribution in [0.4, 0.5) is 32.2 Å². The molecule has 2 aromatic heterocycles. The summed E-state index contributed by atoms with van der Waals surface area (Å²) in [6.45, 7) is 3.88. The molecule has 2 heterocycles. The molecule has 0 saturated carbocycles. The lowest BCUT2D eigenvalue weighted by Gasteiger charge is -2.20. The zero-order valence-electron chi connectivity index (χ0n) is 22.1. The number of alkyl halides is 3. The van der Waals surface area contributed by atoms with Gasteiger partial charge in [-0.25, -0.2) is 18.2 Å². The van der Waals surface area contributed by atoms with E-state index in [4.69, 9.17) is 4.74 Å². The number of benzene rings is 3. The SMILES string of the molecule is CCNc1ccc(-c2cccc(Oc3ccc4c(c3)c(=O)ncn4[C@H](C)c3c(F)cc(F)cc3F)c2C(F)(F)F)cn1. The van der Waals surface area contributed by atoms with Crippen LogP contribution in [0.1, 0.15) is 31.0 Å². The van der Waals surface area contributed by atoms with E-state index in [2.05, 4.69) is 15.3 Å². The summed E-state index contributed by atoms with van der Waals surface area (Å²) in [7, 11) is 0. The van der Waals surface area contributed by atoms with Crippen LogP contribution in [0.25, 0.3) is 22.0 Å². The predicted octanol–water partition coefficient (Wildman–Crippen LogP) is 7.73. The molecule has 5 aromatic rings. The first-order valence-electron chi connectivity index (χ1n) is 12.7. The number of ether oxygens (including phenoxy) is 1. The third-order valence-corrected chi connectivity index (χ3v) is 6.62. The van der Waals surface area contributed by atoms with Gasteiger partial charge in [0.1, 0.15) is 40.3 Å². The van der Waals surface area contributed by atoms with Gasteiger partial charge in [-0.05, 0) is 55.8 Å². The third kappa shape index (κ3) is 5.52. The van der Waals surface area contributed by atoms with Crippen molar-refractivity contribution < 1.29 is 31.1 Å². The summed E-state index contributed by atoms with van der Waals surface area (Å²) in [5.74, 6) is -3.44. The van der Waals surface area contributed by atoms with Gasteiger partial charge in [-0.15, -0.1) is 0 Å². The number of hydrogen-bond donors (Lipinski definition) is 1. The molecule has 12 heteroatoms. The molecule has 1 N–H and O–H groups in total. The number of halogens is 6. The minimum absolute atomic E-state index is 0.0716. The van der Waals surface area contributed by atoms with Gasteiger partial charge in [0, 0.05) is 36.0 Å². The first kappa shape index (κ1) is 28.7. The quantitative estimate of drug-likeness (QED) is 0.198. The molecule has 42 heavy (non-hydrogen) atoms. The Balaban J connectivity index is 1.56. The Morgan fingerprint density at radius 2 is 1.71 bits per heavy atom. The van der Waals surface area contributed by atoms with Crippen molar-refractivity contribution in [2.45, 2.75) is 26.1 Å². The standard InChI is InChI=1S/C30H22F6N4O2/c1-3-37-26-10-7-17(14-38-26)20-5-4-6-25(28(20)30(34,35)36)42-19-8-9-24-21(13-19)29(41)39-15-40(24)16(2)27-22(32)11-18(31)12-23(27)33/h4-16H,3H2,1-2H3,(H,37,38)/t16-/m1/s1. The molecular weight excluding hydrogens is 562 g/mol. The fourth-order valence-electron chi connectivity index (χ4n) is 4.74. The average molecular weight is 585 g/mol. The van der Waals surface area contributed by atoms with Crippen molar-refractivity contribution in [3.8, 4) is 22.6 Å². The van der Waals surface area contributed by atoms with E-state index in [1.165, 1.54) is 54.1 Å². The van der Waals surface area contributed by atoms with E-state index in [1.54, 1.807) is 6.07 Å². The van der Waals surface area contributed by atoms with Crippen molar-refractivity contribution in [1.82, 2.24) is 14.5 Å². The molecule has 0 aliphatic heterocycles. The number of anilines is 1. The number of fused-ring (bicyclic) bond motifs is 1. The van der Waals surface area contributed by atoms with Gasteiger partial charge in [0.25, 0.3) is 5.56 Å². The highest BCUT2D eigenvalue weighted by atomic mass is 19.4. The molecule has 0 aliphatic carbocycles. The predicted molar refractivity (Wildman–Crippen MR) is 145 cm³/mol. The van der Waals surface area contributed by atoms with Crippen molar-refractivity contribution in [2.75, 3.05) is 11.9 Å². The second kappa shape index (κ2) is 11.2. The fourth-order valence-corrected chi connectivity index (χ4v) is 4.74. The first-order chi connectivity index (χ1) is 20.0. The first-order valence-corrected chi connectivity index (χ1v) is 12.7. The van der Waals surface area contributed by atoms with Crippen LogP contribution >= 0.6 is 0 Å². The number of nitrogens with one attached hydrogen (secondary N) is 1. The van der Waals surface area contributed by atoms with Crippen LogP contribution in [-0.4, -0.2) is 21.1 Å². The summed E-state index contributed by atoms with van der Waals surface area (Å²) in [4.78, 5) is 20.5. The molecule has 0 saturated heterocycles. The minimum atomic E-state index is -4.81. The summed E-state index contributed by atoms with van der Waals surface area (Å²) in [6.07, 6.45) is -2.40. The van der Waals surface area contributed by atoms with Crippen LogP contribution in [0, 0.1) is 17.5 Å². The number of nitrogens with zero attached hydrogens (tertiary/aromatic N) is 3. The number of rotatable bonds is 7. The van der Waals surface area contributed by atoms with Crippen LogP contribution in [0.15, 0.2) is 78.0 Å². The molecule has 0 aliphatic rings. The zero-order valence-corrected chi connectivity index (χ0v) is 22.1. The topological polar surface area (TPSA) is 69.0 Å². The lowest BCUT2D eigenvalue weighted by molar-refractivity contribution is -0.138. The van der Waals surface area contributed by atoms with E-state index in [1.807, 2.05) is 6.92 Å². The average Bonchev–Trinajstić information content (AvgIpc) is 2.93. The maximum atomic E-state index is 14.5. The van der Waals surface area contributed by atoms with Crippen molar-refractivity contribution in [3.63, 3.8) is 0 Å². The molecule has 0 bridgehead atoms. The van der Waals surface area contributed by atoms with E-state index in [-0.39, 0.29) is 27.8 Å². The van der Waals surface area contributed by atoms with Crippen LogP contribution < -0.4 is 15.6 Å². The Labute approximate surface area is 235 Å². The highest BCUT2D eigenvalue weighted by molar-refractivity contribution is 5.80. The van der Waals surface area contributed by atoms with Gasteiger partial charge in [-0.1, -0.05) is 12.1 Å². The molecule has 3 aromatic carbocycles. The molecule has 0 amide bonds. The smallest absolute Gasteiger partial charge is 0.420 e. The lowest BCUT2D eigenvalue weighted by atomic mass is 9.99. The molecule has 6 nitrogen and oxygen atoms in total. The monoisotopic (exact) mass is 584 g/mol. The zero-order chi connectivity index (χ0) is 30.2. The van der Waals surface area contributed by atoms with Gasteiger partial charge >= 0.3 is 6.18 Å². The van der Waals surface area contributed by atoms with E-state index >= 15 is 0 Å². The van der Waals surface area contributed by atoms with E-state index in [9.17, 15) is 31.1 Å². The Kier molecular flexibility index (Phi) is 7.63. The Bertz CT molecular complexity index is 1810. The van der Waals surface area contributed by atoms with E-state index in [0.717, 1.165) is 12.4 Å². The molecule has 5 rings (SSSR count). The van der Waals surface area contributed by atoms with E-state index < -0.39 is 52.1 Å². The van der Waals surface area contributed by atoms with Crippen LogP contribution in [0.2, 0.25) is 0 Å². The second-order valence-corrected chi connectivity index (χ2v) is 9.34. The largest absolute Gasteiger partial charge is 0.457 e. The minimum Gasteiger partial charge on any atom is -0.457 e. The Morgan fingerprint density at radius 1 is 0.976 bits per heavy atom. The summed E-state index contributed by atoms with van der Waals surface area (Å²) in [5.41, 5.74) is -2.00.